The maximum Gasteiger partial charge on any atom is 0.262 e. The zero-order chi connectivity index (χ0) is 23.8. The molecule has 1 heterocycles. The lowest BCUT2D eigenvalue weighted by Gasteiger charge is -2.32. The highest BCUT2D eigenvalue weighted by atomic mass is 32.2. The maximum atomic E-state index is 13.1. The standard InChI is InChI=1S/C24H31N3O5S/c1-3-4-13-25-23(28)19-9-7-14-27(17-19)24(29)18-8-5-10-20(15-18)26-33(30,31)22-12-6-11-21(16-22)32-2/h5-6,8,10-12,15-16,19,26H,3-4,7,9,13-14,17H2,1-2H3,(H,25,28)/t19-/m1/s1. The number of nitrogens with zero attached hydrogens (tertiary/aromatic N) is 1. The number of amides is 2. The number of sulfonamides is 1. The highest BCUT2D eigenvalue weighted by Gasteiger charge is 2.29. The van der Waals surface area contributed by atoms with E-state index < -0.39 is 10.0 Å². The van der Waals surface area contributed by atoms with Gasteiger partial charge in [0.2, 0.25) is 5.91 Å². The van der Waals surface area contributed by atoms with Gasteiger partial charge in [0.1, 0.15) is 5.75 Å². The fraction of sp³-hybridized carbons (Fsp3) is 0.417. The van der Waals surface area contributed by atoms with Crippen LogP contribution in [0.5, 0.6) is 5.75 Å². The number of likely N-dealkylation sites (tertiary alicyclic amines) is 1. The van der Waals surface area contributed by atoms with Crippen molar-refractivity contribution in [3.05, 3.63) is 54.1 Å². The summed E-state index contributed by atoms with van der Waals surface area (Å²) in [5.74, 6) is -0.0290. The molecule has 1 aliphatic heterocycles. The lowest BCUT2D eigenvalue weighted by Crippen LogP contribution is -2.45. The van der Waals surface area contributed by atoms with Crippen LogP contribution in [0.15, 0.2) is 53.4 Å². The fourth-order valence-electron chi connectivity index (χ4n) is 3.79. The molecule has 9 heteroatoms. The van der Waals surface area contributed by atoms with Gasteiger partial charge in [0.25, 0.3) is 15.9 Å². The first-order valence-electron chi connectivity index (χ1n) is 11.2. The quantitative estimate of drug-likeness (QED) is 0.544. The van der Waals surface area contributed by atoms with Crippen LogP contribution in [0.2, 0.25) is 0 Å². The second-order valence-electron chi connectivity index (χ2n) is 8.10. The van der Waals surface area contributed by atoms with Gasteiger partial charge in [-0.25, -0.2) is 8.42 Å². The Morgan fingerprint density at radius 3 is 2.70 bits per heavy atom. The predicted molar refractivity (Wildman–Crippen MR) is 127 cm³/mol. The van der Waals surface area contributed by atoms with E-state index in [1.165, 1.54) is 25.3 Å². The van der Waals surface area contributed by atoms with Gasteiger partial charge in [0, 0.05) is 37.0 Å². The first-order valence-corrected chi connectivity index (χ1v) is 12.7. The number of methoxy groups -OCH3 is 1. The van der Waals surface area contributed by atoms with Crippen LogP contribution in [0.4, 0.5) is 5.69 Å². The third kappa shape index (κ3) is 6.47. The van der Waals surface area contributed by atoms with Gasteiger partial charge in [-0.2, -0.15) is 0 Å². The molecule has 0 bridgehead atoms. The molecule has 1 aliphatic rings. The smallest absolute Gasteiger partial charge is 0.262 e. The molecule has 0 aromatic heterocycles. The van der Waals surface area contributed by atoms with Crippen molar-refractivity contribution in [3.8, 4) is 5.75 Å². The van der Waals surface area contributed by atoms with Crippen molar-refractivity contribution >= 4 is 27.5 Å². The van der Waals surface area contributed by atoms with Crippen LogP contribution in [0.3, 0.4) is 0 Å². The van der Waals surface area contributed by atoms with Gasteiger partial charge in [-0.3, -0.25) is 14.3 Å². The number of rotatable bonds is 9. The Labute approximate surface area is 195 Å². The minimum absolute atomic E-state index is 0.0132. The Morgan fingerprint density at radius 1 is 1.15 bits per heavy atom. The lowest BCUT2D eigenvalue weighted by atomic mass is 9.96. The Kier molecular flexibility index (Phi) is 8.32. The summed E-state index contributed by atoms with van der Waals surface area (Å²) in [6, 6.07) is 12.6. The van der Waals surface area contributed by atoms with Gasteiger partial charge >= 0.3 is 0 Å². The number of benzene rings is 2. The summed E-state index contributed by atoms with van der Waals surface area (Å²) in [6.07, 6.45) is 3.44. The highest BCUT2D eigenvalue weighted by Crippen LogP contribution is 2.23. The Morgan fingerprint density at radius 2 is 1.94 bits per heavy atom. The van der Waals surface area contributed by atoms with Crippen molar-refractivity contribution in [2.75, 3.05) is 31.5 Å². The zero-order valence-electron chi connectivity index (χ0n) is 19.0. The number of piperidine rings is 1. The summed E-state index contributed by atoms with van der Waals surface area (Å²) < 4.78 is 33.2. The summed E-state index contributed by atoms with van der Waals surface area (Å²) in [4.78, 5) is 27.3. The molecule has 0 radical (unpaired) electrons. The molecule has 178 valence electrons. The molecule has 33 heavy (non-hydrogen) atoms. The number of hydrogen-bond acceptors (Lipinski definition) is 5. The highest BCUT2D eigenvalue weighted by molar-refractivity contribution is 7.92. The molecule has 8 nitrogen and oxygen atoms in total. The molecule has 2 aromatic carbocycles. The van der Waals surface area contributed by atoms with Crippen molar-refractivity contribution in [1.29, 1.82) is 0 Å². The topological polar surface area (TPSA) is 105 Å². The van der Waals surface area contributed by atoms with E-state index in [0.29, 0.717) is 30.9 Å². The normalized spacial score (nSPS) is 16.2. The van der Waals surface area contributed by atoms with Crippen molar-refractivity contribution in [2.24, 2.45) is 5.92 Å². The molecule has 1 atom stereocenters. The van der Waals surface area contributed by atoms with Gasteiger partial charge in [-0.1, -0.05) is 25.5 Å². The molecular weight excluding hydrogens is 442 g/mol. The predicted octanol–water partition coefficient (Wildman–Crippen LogP) is 3.26. The number of ether oxygens (including phenoxy) is 1. The summed E-state index contributed by atoms with van der Waals surface area (Å²) in [7, 11) is -2.39. The van der Waals surface area contributed by atoms with Gasteiger partial charge in [0.05, 0.1) is 17.9 Å². The molecule has 2 N–H and O–H groups in total. The fourth-order valence-corrected chi connectivity index (χ4v) is 4.87. The average Bonchev–Trinajstić information content (AvgIpc) is 2.83. The van der Waals surface area contributed by atoms with Gasteiger partial charge in [0.15, 0.2) is 0 Å². The van der Waals surface area contributed by atoms with Gasteiger partial charge < -0.3 is 15.0 Å². The minimum Gasteiger partial charge on any atom is -0.497 e. The van der Waals surface area contributed by atoms with Crippen LogP contribution >= 0.6 is 0 Å². The van der Waals surface area contributed by atoms with E-state index in [-0.39, 0.29) is 28.3 Å². The molecule has 0 saturated carbocycles. The maximum absolute atomic E-state index is 13.1. The number of carbonyl (C=O) groups is 2. The molecule has 0 spiro atoms. The number of carbonyl (C=O) groups excluding carboxylic acids is 2. The first-order chi connectivity index (χ1) is 15.8. The number of hydrogen-bond donors (Lipinski definition) is 2. The van der Waals surface area contributed by atoms with Crippen LogP contribution in [0, 0.1) is 5.92 Å². The lowest BCUT2D eigenvalue weighted by molar-refractivity contribution is -0.126. The molecule has 1 saturated heterocycles. The van der Waals surface area contributed by atoms with E-state index in [4.69, 9.17) is 4.74 Å². The second kappa shape index (κ2) is 11.2. The van der Waals surface area contributed by atoms with Crippen LogP contribution in [-0.4, -0.2) is 51.9 Å². The third-order valence-corrected chi connectivity index (χ3v) is 7.00. The summed E-state index contributed by atoms with van der Waals surface area (Å²) in [6.45, 7) is 3.64. The number of unbranched alkanes of at least 4 members (excludes halogenated alkanes) is 1. The average molecular weight is 474 g/mol. The number of nitrogens with one attached hydrogen (secondary N) is 2. The molecular formula is C24H31N3O5S. The second-order valence-corrected chi connectivity index (χ2v) is 9.78. The van der Waals surface area contributed by atoms with Crippen molar-refractivity contribution in [1.82, 2.24) is 10.2 Å². The SMILES string of the molecule is CCCCNC(=O)[C@@H]1CCCN(C(=O)c2cccc(NS(=O)(=O)c3cccc(OC)c3)c2)C1. The first kappa shape index (κ1) is 24.6. The van der Waals surface area contributed by atoms with E-state index in [1.54, 1.807) is 35.2 Å². The van der Waals surface area contributed by atoms with E-state index in [0.717, 1.165) is 25.7 Å². The largest absolute Gasteiger partial charge is 0.497 e. The van der Waals surface area contributed by atoms with Crippen molar-refractivity contribution < 1.29 is 22.7 Å². The van der Waals surface area contributed by atoms with Crippen LogP contribution in [-0.2, 0) is 14.8 Å². The Hall–Kier alpha value is -3.07. The van der Waals surface area contributed by atoms with Crippen molar-refractivity contribution in [3.63, 3.8) is 0 Å². The third-order valence-electron chi connectivity index (χ3n) is 5.62. The molecule has 0 aliphatic carbocycles. The van der Waals surface area contributed by atoms with Gasteiger partial charge in [-0.15, -0.1) is 0 Å². The Balaban J connectivity index is 1.69. The van der Waals surface area contributed by atoms with Gasteiger partial charge in [-0.05, 0) is 49.6 Å². The van der Waals surface area contributed by atoms with E-state index in [2.05, 4.69) is 17.0 Å². The zero-order valence-corrected chi connectivity index (χ0v) is 19.9. The molecule has 0 unspecified atom stereocenters. The van der Waals surface area contributed by atoms with Crippen LogP contribution in [0.25, 0.3) is 0 Å². The van der Waals surface area contributed by atoms with Crippen LogP contribution in [0.1, 0.15) is 43.0 Å². The van der Waals surface area contributed by atoms with E-state index in [9.17, 15) is 18.0 Å². The van der Waals surface area contributed by atoms with E-state index >= 15 is 0 Å². The monoisotopic (exact) mass is 473 g/mol. The van der Waals surface area contributed by atoms with Crippen LogP contribution < -0.4 is 14.8 Å². The summed E-state index contributed by atoms with van der Waals surface area (Å²) in [5, 5.41) is 2.95. The van der Waals surface area contributed by atoms with E-state index in [1.807, 2.05) is 0 Å². The van der Waals surface area contributed by atoms with Crippen molar-refractivity contribution in [2.45, 2.75) is 37.5 Å². The molecule has 1 fully saturated rings. The summed E-state index contributed by atoms with van der Waals surface area (Å²) in [5.41, 5.74) is 0.655. The molecule has 3 rings (SSSR count). The minimum atomic E-state index is -3.85. The summed E-state index contributed by atoms with van der Waals surface area (Å²) >= 11 is 0. The molecule has 2 amide bonds. The molecule has 2 aromatic rings. The Bertz CT molecular complexity index is 1090. The number of anilines is 1.